The number of benzene rings is 10. The maximum absolute atomic E-state index is 10.9. The predicted molar refractivity (Wildman–Crippen MR) is 262 cm³/mol. The van der Waals surface area contributed by atoms with Crippen molar-refractivity contribution in [3.8, 4) is 61.4 Å². The lowest BCUT2D eigenvalue weighted by Crippen LogP contribution is -2.28. The van der Waals surface area contributed by atoms with Gasteiger partial charge in [-0.2, -0.15) is 0 Å². The highest BCUT2D eigenvalue weighted by Gasteiger charge is 2.47. The average Bonchev–Trinajstić information content (AvgIpc) is 3.67. The molecular formula is C61H43NO. The lowest BCUT2D eigenvalue weighted by molar-refractivity contribution is 0.477. The van der Waals surface area contributed by atoms with E-state index in [9.17, 15) is 5.11 Å². The van der Waals surface area contributed by atoms with E-state index in [1.807, 2.05) is 18.2 Å². The summed E-state index contributed by atoms with van der Waals surface area (Å²) in [6.07, 6.45) is 0. The predicted octanol–water partition coefficient (Wildman–Crippen LogP) is 15.9. The number of phenolic OH excluding ortho intramolecular Hbond substituents is 1. The molecule has 0 amide bonds. The van der Waals surface area contributed by atoms with Gasteiger partial charge in [-0.3, -0.25) is 0 Å². The summed E-state index contributed by atoms with van der Waals surface area (Å²) < 4.78 is 0. The van der Waals surface area contributed by atoms with Crippen molar-refractivity contribution in [3.05, 3.63) is 277 Å². The molecule has 0 heterocycles. The van der Waals surface area contributed by atoms with Gasteiger partial charge in [0.15, 0.2) is 0 Å². The van der Waals surface area contributed by atoms with Gasteiger partial charge in [-0.05, 0) is 97.6 Å². The standard InChI is InChI=1S/C61H43NO/c63-59-33-15-12-27-53(59)48-21-16-20-47(42-48)52-26-11-14-31-57(52)62(51-40-38-46(39-41-51)45-36-34-44(35-37-45)43-18-4-1-5-19-43)58-32-17-30-56-60(58)54-28-10-13-29-55(54)61(56,49-22-6-2-7-23-49)50-24-8-3-9-25-50/h1-42,63H. The van der Waals surface area contributed by atoms with Crippen LogP contribution in [0.15, 0.2) is 255 Å². The molecule has 1 N–H and O–H groups in total. The number of para-hydroxylation sites is 2. The van der Waals surface area contributed by atoms with E-state index in [0.717, 1.165) is 44.9 Å². The molecule has 63 heavy (non-hydrogen) atoms. The third kappa shape index (κ3) is 6.52. The Morgan fingerprint density at radius 3 is 1.37 bits per heavy atom. The molecule has 2 nitrogen and oxygen atoms in total. The molecule has 11 rings (SSSR count). The number of hydrogen-bond acceptors (Lipinski definition) is 2. The summed E-state index contributed by atoms with van der Waals surface area (Å²) in [5.74, 6) is 0.262. The van der Waals surface area contributed by atoms with Crippen LogP contribution in [0.3, 0.4) is 0 Å². The number of hydrogen-bond donors (Lipinski definition) is 1. The zero-order valence-electron chi connectivity index (χ0n) is 34.6. The Kier molecular flexibility index (Phi) is 9.60. The summed E-state index contributed by atoms with van der Waals surface area (Å²) in [6.45, 7) is 0. The van der Waals surface area contributed by atoms with E-state index >= 15 is 0 Å². The van der Waals surface area contributed by atoms with Crippen LogP contribution in [0, 0.1) is 0 Å². The van der Waals surface area contributed by atoms with Gasteiger partial charge in [0.2, 0.25) is 0 Å². The van der Waals surface area contributed by atoms with E-state index in [1.165, 1.54) is 50.1 Å². The Morgan fingerprint density at radius 2 is 0.730 bits per heavy atom. The monoisotopic (exact) mass is 805 g/mol. The Hall–Kier alpha value is -8.20. The van der Waals surface area contributed by atoms with Crippen LogP contribution in [0.5, 0.6) is 5.75 Å². The van der Waals surface area contributed by atoms with Crippen LogP contribution in [-0.2, 0) is 5.41 Å². The van der Waals surface area contributed by atoms with E-state index in [2.05, 4.69) is 235 Å². The number of phenols is 1. The highest BCUT2D eigenvalue weighted by atomic mass is 16.3. The van der Waals surface area contributed by atoms with E-state index in [0.29, 0.717) is 0 Å². The highest BCUT2D eigenvalue weighted by Crippen LogP contribution is 2.60. The first-order chi connectivity index (χ1) is 31.2. The Labute approximate surface area is 369 Å². The molecular weight excluding hydrogens is 763 g/mol. The maximum Gasteiger partial charge on any atom is 0.123 e. The Balaban J connectivity index is 1.13. The van der Waals surface area contributed by atoms with Crippen molar-refractivity contribution in [2.24, 2.45) is 0 Å². The molecule has 0 atom stereocenters. The molecule has 0 radical (unpaired) electrons. The van der Waals surface area contributed by atoms with Gasteiger partial charge < -0.3 is 10.0 Å². The van der Waals surface area contributed by atoms with Gasteiger partial charge in [-0.25, -0.2) is 0 Å². The Bertz CT molecular complexity index is 3170. The molecule has 0 saturated heterocycles. The maximum atomic E-state index is 10.9. The second-order valence-corrected chi connectivity index (χ2v) is 16.2. The van der Waals surface area contributed by atoms with Crippen LogP contribution in [0.2, 0.25) is 0 Å². The molecule has 10 aromatic rings. The van der Waals surface area contributed by atoms with E-state index in [-0.39, 0.29) is 5.75 Å². The highest BCUT2D eigenvalue weighted by molar-refractivity contribution is 6.00. The summed E-state index contributed by atoms with van der Waals surface area (Å²) in [4.78, 5) is 2.45. The smallest absolute Gasteiger partial charge is 0.123 e. The molecule has 0 aromatic heterocycles. The molecule has 0 spiro atoms. The van der Waals surface area contributed by atoms with Crippen molar-refractivity contribution in [2.75, 3.05) is 4.90 Å². The lowest BCUT2D eigenvalue weighted by Gasteiger charge is -2.34. The van der Waals surface area contributed by atoms with E-state index < -0.39 is 5.41 Å². The number of nitrogens with zero attached hydrogens (tertiary/aromatic N) is 1. The van der Waals surface area contributed by atoms with E-state index in [4.69, 9.17) is 0 Å². The van der Waals surface area contributed by atoms with Crippen molar-refractivity contribution in [1.82, 2.24) is 0 Å². The van der Waals surface area contributed by atoms with Crippen LogP contribution in [-0.4, -0.2) is 5.11 Å². The van der Waals surface area contributed by atoms with Gasteiger partial charge in [0.1, 0.15) is 5.75 Å². The summed E-state index contributed by atoms with van der Waals surface area (Å²) >= 11 is 0. The topological polar surface area (TPSA) is 23.5 Å². The van der Waals surface area contributed by atoms with Crippen LogP contribution < -0.4 is 4.90 Å². The number of aromatic hydroxyl groups is 1. The minimum atomic E-state index is -0.544. The molecule has 0 bridgehead atoms. The molecule has 0 unspecified atom stereocenters. The van der Waals surface area contributed by atoms with Gasteiger partial charge in [-0.15, -0.1) is 0 Å². The van der Waals surface area contributed by atoms with E-state index in [1.54, 1.807) is 6.07 Å². The Morgan fingerprint density at radius 1 is 0.302 bits per heavy atom. The number of rotatable bonds is 9. The quantitative estimate of drug-likeness (QED) is 0.157. The minimum Gasteiger partial charge on any atom is -0.507 e. The fraction of sp³-hybridized carbons (Fsp3) is 0.0164. The first-order valence-electron chi connectivity index (χ1n) is 21.6. The molecule has 0 aliphatic heterocycles. The fourth-order valence-electron chi connectivity index (χ4n) is 9.84. The summed E-state index contributed by atoms with van der Waals surface area (Å²) in [6, 6.07) is 91.0. The SMILES string of the molecule is Oc1ccccc1-c1cccc(-c2ccccc2N(c2ccc(-c3ccc(-c4ccccc4)cc3)cc2)c2cccc3c2-c2ccccc2C3(c2ccccc2)c2ccccc2)c1. The van der Waals surface area contributed by atoms with Crippen molar-refractivity contribution < 1.29 is 5.11 Å². The molecule has 2 heteroatoms. The van der Waals surface area contributed by atoms with Crippen molar-refractivity contribution >= 4 is 17.1 Å². The van der Waals surface area contributed by atoms with Gasteiger partial charge in [-0.1, -0.05) is 218 Å². The first-order valence-corrected chi connectivity index (χ1v) is 21.6. The first kappa shape index (κ1) is 37.8. The largest absolute Gasteiger partial charge is 0.507 e. The third-order valence-electron chi connectivity index (χ3n) is 12.7. The number of fused-ring (bicyclic) bond motifs is 3. The van der Waals surface area contributed by atoms with Crippen LogP contribution in [0.1, 0.15) is 22.3 Å². The molecule has 1 aliphatic carbocycles. The molecule has 298 valence electrons. The second-order valence-electron chi connectivity index (χ2n) is 16.2. The van der Waals surface area contributed by atoms with Crippen LogP contribution in [0.4, 0.5) is 17.1 Å². The second kappa shape index (κ2) is 16.0. The summed E-state index contributed by atoms with van der Waals surface area (Å²) in [5.41, 5.74) is 18.7. The van der Waals surface area contributed by atoms with Crippen molar-refractivity contribution in [2.45, 2.75) is 5.41 Å². The summed E-state index contributed by atoms with van der Waals surface area (Å²) in [7, 11) is 0. The van der Waals surface area contributed by atoms with Gasteiger partial charge in [0.05, 0.1) is 16.8 Å². The fourth-order valence-corrected chi connectivity index (χ4v) is 9.84. The van der Waals surface area contributed by atoms with Crippen LogP contribution in [0.25, 0.3) is 55.6 Å². The molecule has 10 aromatic carbocycles. The van der Waals surface area contributed by atoms with Gasteiger partial charge >= 0.3 is 0 Å². The van der Waals surface area contributed by atoms with Crippen LogP contribution >= 0.6 is 0 Å². The zero-order valence-corrected chi connectivity index (χ0v) is 34.6. The molecule has 0 fully saturated rings. The van der Waals surface area contributed by atoms with Crippen molar-refractivity contribution in [3.63, 3.8) is 0 Å². The average molecular weight is 806 g/mol. The molecule has 0 saturated carbocycles. The summed E-state index contributed by atoms with van der Waals surface area (Å²) in [5, 5.41) is 10.9. The number of anilines is 3. The minimum absolute atomic E-state index is 0.262. The zero-order chi connectivity index (χ0) is 42.2. The third-order valence-corrected chi connectivity index (χ3v) is 12.7. The normalized spacial score (nSPS) is 12.3. The van der Waals surface area contributed by atoms with Gasteiger partial charge in [0, 0.05) is 22.4 Å². The molecule has 1 aliphatic rings. The lowest BCUT2D eigenvalue weighted by atomic mass is 9.68. The van der Waals surface area contributed by atoms with Crippen molar-refractivity contribution in [1.29, 1.82) is 0 Å². The van der Waals surface area contributed by atoms with Gasteiger partial charge in [0.25, 0.3) is 0 Å².